The van der Waals surface area contributed by atoms with Crippen LogP contribution in [0.5, 0.6) is 0 Å². The number of likely N-dealkylation sites (tertiary alicyclic amines) is 1. The van der Waals surface area contributed by atoms with E-state index in [1.165, 1.54) is 6.08 Å². The van der Waals surface area contributed by atoms with Crippen molar-refractivity contribution in [1.29, 1.82) is 0 Å². The zero-order valence-corrected chi connectivity index (χ0v) is 11.0. The van der Waals surface area contributed by atoms with Crippen LogP contribution in [0.3, 0.4) is 0 Å². The first-order chi connectivity index (χ1) is 7.97. The largest absolute Gasteiger partial charge is 0.478 e. The van der Waals surface area contributed by atoms with Crippen LogP contribution >= 0.6 is 0 Å². The smallest absolute Gasteiger partial charge is 0.330 e. The monoisotopic (exact) mass is 237 g/mol. The lowest BCUT2D eigenvalue weighted by molar-refractivity contribution is -0.131. The van der Waals surface area contributed by atoms with Gasteiger partial charge in [0, 0.05) is 30.3 Å². The number of hydrogen-bond donors (Lipinski definition) is 1. The zero-order chi connectivity index (χ0) is 13.0. The minimum atomic E-state index is -0.859. The number of carboxylic acid groups (broad SMARTS) is 1. The van der Waals surface area contributed by atoms with Gasteiger partial charge in [-0.2, -0.15) is 0 Å². The second kappa shape index (κ2) is 5.89. The van der Waals surface area contributed by atoms with E-state index >= 15 is 0 Å². The maximum atomic E-state index is 11.0. The van der Waals surface area contributed by atoms with Crippen molar-refractivity contribution in [2.75, 3.05) is 6.54 Å². The molecular formula is C14H23NO2. The summed E-state index contributed by atoms with van der Waals surface area (Å²) in [5.41, 5.74) is 0.940. The molecule has 17 heavy (non-hydrogen) atoms. The van der Waals surface area contributed by atoms with Crippen molar-refractivity contribution in [3.63, 3.8) is 0 Å². The predicted octanol–water partition coefficient (Wildman–Crippen LogP) is 2.90. The van der Waals surface area contributed by atoms with Gasteiger partial charge in [0.1, 0.15) is 0 Å². The minimum absolute atomic E-state index is 0.198. The molecule has 3 atom stereocenters. The van der Waals surface area contributed by atoms with Gasteiger partial charge in [0.2, 0.25) is 0 Å². The van der Waals surface area contributed by atoms with Gasteiger partial charge in [-0.05, 0) is 25.7 Å². The Hall–Kier alpha value is -1.25. The van der Waals surface area contributed by atoms with Crippen LogP contribution in [0, 0.1) is 11.8 Å². The standard InChI is InChI=1S/C14H23NO2/c1-5-10(2)12(4)13(9-14(16)17)15-8-6-7-11(15)3/h5,9-12H,1,6-8H2,2-4H3,(H,16,17)/b13-9-/t10-,11+,12+/m0/s1. The quantitative estimate of drug-likeness (QED) is 0.590. The van der Waals surface area contributed by atoms with E-state index in [1.54, 1.807) is 0 Å². The van der Waals surface area contributed by atoms with Gasteiger partial charge in [-0.1, -0.05) is 19.9 Å². The van der Waals surface area contributed by atoms with E-state index in [4.69, 9.17) is 5.11 Å². The first-order valence-corrected chi connectivity index (χ1v) is 6.31. The Morgan fingerprint density at radius 1 is 1.53 bits per heavy atom. The molecule has 1 rings (SSSR count). The molecule has 1 fully saturated rings. The first-order valence-electron chi connectivity index (χ1n) is 6.31. The average molecular weight is 237 g/mol. The third-order valence-electron chi connectivity index (χ3n) is 3.78. The van der Waals surface area contributed by atoms with Crippen molar-refractivity contribution in [1.82, 2.24) is 4.90 Å². The van der Waals surface area contributed by atoms with E-state index in [1.807, 2.05) is 6.08 Å². The van der Waals surface area contributed by atoms with Crippen LogP contribution in [-0.2, 0) is 4.79 Å². The Kier molecular flexibility index (Phi) is 4.79. The topological polar surface area (TPSA) is 40.5 Å². The van der Waals surface area contributed by atoms with Crippen molar-refractivity contribution in [2.24, 2.45) is 11.8 Å². The molecule has 0 aromatic heterocycles. The Morgan fingerprint density at radius 3 is 2.59 bits per heavy atom. The fourth-order valence-electron chi connectivity index (χ4n) is 2.39. The Labute approximate surface area is 104 Å². The summed E-state index contributed by atoms with van der Waals surface area (Å²) in [6, 6.07) is 0.445. The molecule has 0 aromatic carbocycles. The number of carboxylic acids is 1. The molecular weight excluding hydrogens is 214 g/mol. The lowest BCUT2D eigenvalue weighted by atomic mass is 9.91. The molecule has 3 nitrogen and oxygen atoms in total. The van der Waals surface area contributed by atoms with Crippen molar-refractivity contribution < 1.29 is 9.90 Å². The lowest BCUT2D eigenvalue weighted by Crippen LogP contribution is -2.31. The molecule has 1 N–H and O–H groups in total. The van der Waals surface area contributed by atoms with Gasteiger partial charge in [-0.3, -0.25) is 0 Å². The molecule has 0 aliphatic carbocycles. The van der Waals surface area contributed by atoms with Crippen molar-refractivity contribution in [3.8, 4) is 0 Å². The summed E-state index contributed by atoms with van der Waals surface area (Å²) in [6.07, 6.45) is 5.55. The Morgan fingerprint density at radius 2 is 2.18 bits per heavy atom. The number of nitrogens with zero attached hydrogens (tertiary/aromatic N) is 1. The highest BCUT2D eigenvalue weighted by Gasteiger charge is 2.27. The number of carbonyl (C=O) groups is 1. The van der Waals surface area contributed by atoms with Crippen LogP contribution in [0.25, 0.3) is 0 Å². The SMILES string of the molecule is C=C[C@H](C)[C@@H](C)/C(=C/C(=O)O)N1CCC[C@H]1C. The fourth-order valence-corrected chi connectivity index (χ4v) is 2.39. The Bertz CT molecular complexity index is 322. The Balaban J connectivity index is 2.95. The van der Waals surface area contributed by atoms with E-state index in [0.717, 1.165) is 25.1 Å². The van der Waals surface area contributed by atoms with E-state index in [0.29, 0.717) is 6.04 Å². The lowest BCUT2D eigenvalue weighted by Gasteiger charge is -2.32. The van der Waals surface area contributed by atoms with Crippen molar-refractivity contribution >= 4 is 5.97 Å². The molecule has 0 radical (unpaired) electrons. The van der Waals surface area contributed by atoms with Gasteiger partial charge in [0.05, 0.1) is 0 Å². The molecule has 0 saturated carbocycles. The van der Waals surface area contributed by atoms with Crippen LogP contribution in [0.1, 0.15) is 33.6 Å². The van der Waals surface area contributed by atoms with Gasteiger partial charge in [-0.15, -0.1) is 6.58 Å². The molecule has 1 heterocycles. The molecule has 1 aliphatic heterocycles. The van der Waals surface area contributed by atoms with Crippen LogP contribution in [0.2, 0.25) is 0 Å². The summed E-state index contributed by atoms with van der Waals surface area (Å²) >= 11 is 0. The van der Waals surface area contributed by atoms with Crippen molar-refractivity contribution in [2.45, 2.75) is 39.7 Å². The first kappa shape index (κ1) is 13.8. The van der Waals surface area contributed by atoms with Gasteiger partial charge in [-0.25, -0.2) is 4.79 Å². The van der Waals surface area contributed by atoms with E-state index < -0.39 is 5.97 Å². The van der Waals surface area contributed by atoms with E-state index in [-0.39, 0.29) is 11.8 Å². The molecule has 0 aromatic rings. The second-order valence-electron chi connectivity index (χ2n) is 4.98. The molecule has 96 valence electrons. The number of aliphatic carboxylic acids is 1. The highest BCUT2D eigenvalue weighted by Crippen LogP contribution is 2.30. The highest BCUT2D eigenvalue weighted by atomic mass is 16.4. The van der Waals surface area contributed by atoms with Crippen molar-refractivity contribution in [3.05, 3.63) is 24.4 Å². The van der Waals surface area contributed by atoms with Gasteiger partial charge in [0.15, 0.2) is 0 Å². The summed E-state index contributed by atoms with van der Waals surface area (Å²) in [7, 11) is 0. The van der Waals surface area contributed by atoms with Gasteiger partial charge in [0.25, 0.3) is 0 Å². The summed E-state index contributed by atoms with van der Waals surface area (Å²) in [4.78, 5) is 13.2. The number of allylic oxidation sites excluding steroid dienone is 2. The van der Waals surface area contributed by atoms with Gasteiger partial charge < -0.3 is 10.0 Å². The van der Waals surface area contributed by atoms with E-state index in [2.05, 4.69) is 32.3 Å². The molecule has 1 saturated heterocycles. The molecule has 0 amide bonds. The van der Waals surface area contributed by atoms with Crippen LogP contribution in [0.4, 0.5) is 0 Å². The van der Waals surface area contributed by atoms with Crippen LogP contribution < -0.4 is 0 Å². The predicted molar refractivity (Wildman–Crippen MR) is 69.6 cm³/mol. The second-order valence-corrected chi connectivity index (χ2v) is 4.98. The van der Waals surface area contributed by atoms with Crippen LogP contribution in [-0.4, -0.2) is 28.6 Å². The minimum Gasteiger partial charge on any atom is -0.478 e. The average Bonchev–Trinajstić information content (AvgIpc) is 2.70. The zero-order valence-electron chi connectivity index (χ0n) is 11.0. The molecule has 0 bridgehead atoms. The number of hydrogen-bond acceptors (Lipinski definition) is 2. The van der Waals surface area contributed by atoms with Crippen LogP contribution in [0.15, 0.2) is 24.4 Å². The summed E-state index contributed by atoms with van der Waals surface area (Å²) in [5, 5.41) is 9.00. The third-order valence-corrected chi connectivity index (χ3v) is 3.78. The van der Waals surface area contributed by atoms with Gasteiger partial charge >= 0.3 is 5.97 Å². The highest BCUT2D eigenvalue weighted by molar-refractivity contribution is 5.80. The molecule has 0 unspecified atom stereocenters. The number of rotatable bonds is 5. The maximum absolute atomic E-state index is 11.0. The molecule has 3 heteroatoms. The molecule has 1 aliphatic rings. The van der Waals surface area contributed by atoms with E-state index in [9.17, 15) is 4.79 Å². The summed E-state index contributed by atoms with van der Waals surface area (Å²) in [5.74, 6) is -0.375. The normalized spacial score (nSPS) is 24.5. The summed E-state index contributed by atoms with van der Waals surface area (Å²) < 4.78 is 0. The summed E-state index contributed by atoms with van der Waals surface area (Å²) in [6.45, 7) is 11.1. The maximum Gasteiger partial charge on any atom is 0.330 e. The third kappa shape index (κ3) is 3.35. The fraction of sp³-hybridized carbons (Fsp3) is 0.643. The molecule has 0 spiro atoms.